The summed E-state index contributed by atoms with van der Waals surface area (Å²) in [5, 5.41) is 2.26. The molecule has 0 amide bonds. The van der Waals surface area contributed by atoms with E-state index in [1.807, 2.05) is 0 Å². The molecule has 4 heterocycles. The summed E-state index contributed by atoms with van der Waals surface area (Å²) in [5.41, 5.74) is 30.9. The van der Waals surface area contributed by atoms with Gasteiger partial charge >= 0.3 is 0 Å². The fourth-order valence-corrected chi connectivity index (χ4v) is 17.8. The van der Waals surface area contributed by atoms with Crippen LogP contribution in [0.4, 0.5) is 45.5 Å². The highest BCUT2D eigenvalue weighted by Gasteiger charge is 2.58. The summed E-state index contributed by atoms with van der Waals surface area (Å²) < 4.78 is 6.64. The molecule has 0 bridgehead atoms. The highest BCUT2D eigenvalue weighted by Crippen LogP contribution is 2.63. The molecule has 0 radical (unpaired) electrons. The lowest BCUT2D eigenvalue weighted by molar-refractivity contribution is 0.195. The quantitative estimate of drug-likeness (QED) is 0.160. The summed E-state index contributed by atoms with van der Waals surface area (Å²) in [5.74, 6) is 0. The fourth-order valence-electron chi connectivity index (χ4n) is 17.8. The van der Waals surface area contributed by atoms with E-state index >= 15 is 0 Å². The Balaban J connectivity index is 1.04. The lowest BCUT2D eigenvalue weighted by atomic mass is 9.33. The number of nitrogens with zero attached hydrogens (tertiary/aromatic N) is 3. The van der Waals surface area contributed by atoms with Gasteiger partial charge in [0.15, 0.2) is 0 Å². The van der Waals surface area contributed by atoms with Crippen LogP contribution < -0.4 is 31.1 Å². The van der Waals surface area contributed by atoms with Crippen LogP contribution in [0, 0.1) is 6.92 Å². The number of hydrogen-bond acceptors (Lipinski definition) is 4. The monoisotopic (exact) mass is 1150 g/mol. The molecule has 0 saturated heterocycles. The molecular weight excluding hydrogens is 1070 g/mol. The van der Waals surface area contributed by atoms with Crippen LogP contribution in [0.2, 0.25) is 0 Å². The molecule has 442 valence electrons. The topological polar surface area (TPSA) is 22.9 Å². The van der Waals surface area contributed by atoms with Crippen LogP contribution in [0.3, 0.4) is 0 Å². The minimum atomic E-state index is -0.224. The number of hydrogen-bond donors (Lipinski definition) is 0. The van der Waals surface area contributed by atoms with Crippen molar-refractivity contribution in [3.63, 3.8) is 0 Å². The molecule has 3 aliphatic heterocycles. The van der Waals surface area contributed by atoms with E-state index in [0.717, 1.165) is 59.7 Å². The molecule has 1 saturated carbocycles. The maximum atomic E-state index is 6.64. The van der Waals surface area contributed by atoms with Gasteiger partial charge < -0.3 is 19.1 Å². The van der Waals surface area contributed by atoms with Crippen molar-refractivity contribution in [2.24, 2.45) is 0 Å². The Bertz CT molecular complexity index is 4570. The molecule has 0 spiro atoms. The first-order valence-electron chi connectivity index (χ1n) is 33.1. The Hall–Kier alpha value is -7.76. The Morgan fingerprint density at radius 1 is 0.398 bits per heavy atom. The minimum absolute atomic E-state index is 0.000518. The normalized spacial score (nSPS) is 21.5. The molecule has 6 aliphatic rings. The lowest BCUT2D eigenvalue weighted by Crippen LogP contribution is -2.62. The minimum Gasteiger partial charge on any atom is -0.456 e. The predicted octanol–water partition coefficient (Wildman–Crippen LogP) is 21.0. The second-order valence-corrected chi connectivity index (χ2v) is 31.8. The number of benzene rings is 9. The van der Waals surface area contributed by atoms with Gasteiger partial charge in [0.1, 0.15) is 11.2 Å². The summed E-state index contributed by atoms with van der Waals surface area (Å²) in [7, 11) is 0. The maximum absolute atomic E-state index is 6.64. The van der Waals surface area contributed by atoms with Crippen LogP contribution in [-0.2, 0) is 32.5 Å². The van der Waals surface area contributed by atoms with Crippen molar-refractivity contribution >= 4 is 90.5 Å². The van der Waals surface area contributed by atoms with E-state index in [9.17, 15) is 0 Å². The highest BCUT2D eigenvalue weighted by atomic mass is 16.3. The number of anilines is 8. The second kappa shape index (κ2) is 18.7. The highest BCUT2D eigenvalue weighted by molar-refractivity contribution is 7.00. The van der Waals surface area contributed by atoms with E-state index in [1.54, 1.807) is 0 Å². The number of aryl methyl sites for hydroxylation is 1. The summed E-state index contributed by atoms with van der Waals surface area (Å²) in [6.07, 6.45) is 9.26. The molecule has 2 atom stereocenters. The SMILES string of the molecule is Cc1cc2c(cc1N1c3cc4c(cc3B3c5ccc(-c6ccccc6)cc5N(c5ccc6oc7ccccc7c6c5)c5cc(N6c7ccc(-c8ccc(C(C)(C)C)cc8)cc7C7(C)CCCCC67C)cc1c53)C(C)(C)CCC4(C)C)C(C)(C)CCC2(C)C. The van der Waals surface area contributed by atoms with Crippen LogP contribution in [-0.4, -0.2) is 12.3 Å². The van der Waals surface area contributed by atoms with Crippen LogP contribution in [0.1, 0.15) is 180 Å². The Labute approximate surface area is 524 Å². The van der Waals surface area contributed by atoms with Gasteiger partial charge in [-0.1, -0.05) is 199 Å². The van der Waals surface area contributed by atoms with Gasteiger partial charge in [-0.05, 0) is 224 Å². The van der Waals surface area contributed by atoms with Crippen molar-refractivity contribution in [2.45, 2.75) is 186 Å². The number of furan rings is 1. The molecule has 5 heteroatoms. The van der Waals surface area contributed by atoms with Gasteiger partial charge in [0.25, 0.3) is 6.71 Å². The van der Waals surface area contributed by atoms with Gasteiger partial charge in [0.05, 0.1) is 5.54 Å². The third-order valence-corrected chi connectivity index (χ3v) is 23.6. The molecule has 1 aromatic heterocycles. The summed E-state index contributed by atoms with van der Waals surface area (Å²) in [4.78, 5) is 8.33. The Morgan fingerprint density at radius 3 is 1.65 bits per heavy atom. The Kier molecular flexibility index (Phi) is 11.8. The van der Waals surface area contributed by atoms with Crippen molar-refractivity contribution in [2.75, 3.05) is 14.7 Å². The molecule has 0 N–H and O–H groups in total. The molecule has 2 unspecified atom stereocenters. The van der Waals surface area contributed by atoms with Gasteiger partial charge in [-0.2, -0.15) is 0 Å². The fraction of sp³-hybridized carbons (Fsp3) is 0.349. The lowest BCUT2D eigenvalue weighted by Gasteiger charge is -2.51. The van der Waals surface area contributed by atoms with Crippen molar-refractivity contribution in [3.8, 4) is 22.3 Å². The largest absolute Gasteiger partial charge is 0.456 e. The van der Waals surface area contributed by atoms with Crippen LogP contribution in [0.5, 0.6) is 0 Å². The van der Waals surface area contributed by atoms with E-state index in [4.69, 9.17) is 4.42 Å². The molecule has 4 nitrogen and oxygen atoms in total. The third-order valence-electron chi connectivity index (χ3n) is 23.6. The van der Waals surface area contributed by atoms with Gasteiger partial charge in [0.2, 0.25) is 0 Å². The van der Waals surface area contributed by atoms with Gasteiger partial charge in [-0.25, -0.2) is 0 Å². The van der Waals surface area contributed by atoms with E-state index in [1.165, 1.54) is 137 Å². The first-order valence-corrected chi connectivity index (χ1v) is 33.1. The average Bonchev–Trinajstić information content (AvgIpc) is 1.13. The van der Waals surface area contributed by atoms with Crippen LogP contribution >= 0.6 is 0 Å². The maximum Gasteiger partial charge on any atom is 0.252 e. The van der Waals surface area contributed by atoms with Crippen LogP contribution in [0.15, 0.2) is 174 Å². The van der Waals surface area contributed by atoms with E-state index in [2.05, 4.69) is 281 Å². The number of para-hydroxylation sites is 1. The molecule has 9 aromatic carbocycles. The molecule has 10 aromatic rings. The molecule has 16 rings (SSSR count). The van der Waals surface area contributed by atoms with Crippen molar-refractivity contribution in [1.82, 2.24) is 0 Å². The summed E-state index contributed by atoms with van der Waals surface area (Å²) in [6, 6.07) is 67.0. The van der Waals surface area contributed by atoms with E-state index in [-0.39, 0.29) is 44.7 Å². The zero-order chi connectivity index (χ0) is 61.0. The number of rotatable bonds is 5. The zero-order valence-electron chi connectivity index (χ0n) is 54.6. The van der Waals surface area contributed by atoms with Crippen molar-refractivity contribution < 1.29 is 4.42 Å². The van der Waals surface area contributed by atoms with E-state index in [0.29, 0.717) is 0 Å². The van der Waals surface area contributed by atoms with Crippen molar-refractivity contribution in [1.29, 1.82) is 0 Å². The third kappa shape index (κ3) is 7.96. The zero-order valence-corrected chi connectivity index (χ0v) is 54.6. The molecule has 3 aliphatic carbocycles. The average molecular weight is 1150 g/mol. The Morgan fingerprint density at radius 2 is 0.955 bits per heavy atom. The predicted molar refractivity (Wildman–Crippen MR) is 375 cm³/mol. The first-order chi connectivity index (χ1) is 41.8. The van der Waals surface area contributed by atoms with Gasteiger partial charge in [-0.3, -0.25) is 0 Å². The summed E-state index contributed by atoms with van der Waals surface area (Å²) >= 11 is 0. The molecule has 1 fully saturated rings. The van der Waals surface area contributed by atoms with Crippen molar-refractivity contribution in [3.05, 3.63) is 209 Å². The molecule has 88 heavy (non-hydrogen) atoms. The first kappa shape index (κ1) is 55.5. The molecular formula is C83H86BN3O. The second-order valence-electron chi connectivity index (χ2n) is 31.8. The van der Waals surface area contributed by atoms with Gasteiger partial charge in [-0.15, -0.1) is 0 Å². The number of fused-ring (bicyclic) bond motifs is 12. The standard InChI is InChI=1S/C83H86BN3O/c1-51-42-61-63(80(9,10)40-38-78(61,5)6)49-69(51)86-71-50-64-62(79(7,8)39-41-81(64,11)12)48-67(71)84-66-33-28-55(52-22-16-15-17-23-52)44-70(66)85(57-32-35-75-60(45-57)59-24-18-19-25-74(59)88-75)72-46-58(47-73(86)76(72)84)87-68-34-29-54(53-26-30-56(31-27-53)77(2,3)4)43-65(68)82(13)36-20-21-37-83(82,87)14/h15-19,22-35,42-50H,20-21,36-41H2,1-14H3. The van der Waals surface area contributed by atoms with Crippen LogP contribution in [0.25, 0.3) is 44.2 Å². The van der Waals surface area contributed by atoms with E-state index < -0.39 is 0 Å². The smallest absolute Gasteiger partial charge is 0.252 e. The summed E-state index contributed by atoms with van der Waals surface area (Å²) in [6.45, 7) is 34.5. The van der Waals surface area contributed by atoms with Gasteiger partial charge in [0, 0.05) is 61.7 Å².